The van der Waals surface area contributed by atoms with Crippen LogP contribution in [-0.4, -0.2) is 3.21 Å². The summed E-state index contributed by atoms with van der Waals surface area (Å²) >= 11 is 1.51. The number of fused-ring (bicyclic) bond motifs is 3. The molecule has 0 amide bonds. The first-order valence-electron chi connectivity index (χ1n) is 17.0. The molecule has 6 aromatic carbocycles. The summed E-state index contributed by atoms with van der Waals surface area (Å²) < 4.78 is 1.46. The van der Waals surface area contributed by atoms with E-state index in [9.17, 15) is 0 Å². The van der Waals surface area contributed by atoms with Crippen LogP contribution < -0.4 is 24.8 Å². The van der Waals surface area contributed by atoms with Crippen molar-refractivity contribution in [1.82, 2.24) is 0 Å². The first-order chi connectivity index (χ1) is 22.8. The Labute approximate surface area is 328 Å². The second kappa shape index (κ2) is 17.8. The zero-order valence-corrected chi connectivity index (χ0v) is 34.6. The third-order valence-electron chi connectivity index (χ3n) is 8.86. The zero-order chi connectivity index (χ0) is 34.5. The van der Waals surface area contributed by atoms with Gasteiger partial charge in [-0.3, -0.25) is 0 Å². The Morgan fingerprint density at radius 3 is 1.62 bits per heavy atom. The maximum atomic E-state index is 3.88. The molecule has 0 aliphatic heterocycles. The van der Waals surface area contributed by atoms with Gasteiger partial charge in [-0.25, -0.2) is 12.1 Å². The Morgan fingerprint density at radius 2 is 1.14 bits per heavy atom. The van der Waals surface area contributed by atoms with Crippen LogP contribution >= 0.6 is 0 Å². The number of aryl methyl sites for hydroxylation is 1. The van der Waals surface area contributed by atoms with Crippen LogP contribution in [0.4, 0.5) is 0 Å². The summed E-state index contributed by atoms with van der Waals surface area (Å²) in [5.41, 5.74) is 16.2. The first kappa shape index (κ1) is 41.2. The average Bonchev–Trinajstić information content (AvgIpc) is 3.76. The predicted molar refractivity (Wildman–Crippen MR) is 205 cm³/mol. The van der Waals surface area contributed by atoms with Gasteiger partial charge in [0.15, 0.2) is 0 Å². The molecule has 0 saturated carbocycles. The standard InChI is InChI=1S/C33H33.C9H10.C5H5.2ClH.Zr/c1-32(2,3)30-20-26-24(18-28(30)22-13-9-7-10-14-22)17-25-19-29(23-15-11-8-12-16-23)31(21-27(25)26)33(4,5)6;1-3-9-6-4-8(2)5-7-9;1-2-4-5-3-1;;;/h7-16,18,20-21H,17H2,1-6H3;4-7H,1-2H3;1-5H;2*1H;/q-1;;-1;;;+2/p-2. The Balaban J connectivity index is 0.000000330. The van der Waals surface area contributed by atoms with Crippen LogP contribution in [0, 0.1) is 13.0 Å². The van der Waals surface area contributed by atoms with Gasteiger partial charge in [-0.15, -0.1) is 28.8 Å². The molecule has 0 saturated heterocycles. The first-order valence-corrected chi connectivity index (χ1v) is 18.2. The van der Waals surface area contributed by atoms with E-state index >= 15 is 0 Å². The van der Waals surface area contributed by atoms with Gasteiger partial charge in [0.05, 0.1) is 0 Å². The molecule has 1 aliphatic carbocycles. The zero-order valence-electron chi connectivity index (χ0n) is 30.7. The van der Waals surface area contributed by atoms with Crippen molar-refractivity contribution in [2.75, 3.05) is 0 Å². The van der Waals surface area contributed by atoms with E-state index in [0.29, 0.717) is 0 Å². The van der Waals surface area contributed by atoms with E-state index in [0.717, 1.165) is 6.42 Å². The topological polar surface area (TPSA) is 0 Å². The van der Waals surface area contributed by atoms with Gasteiger partial charge in [0.2, 0.25) is 0 Å². The smallest absolute Gasteiger partial charge is 0.172 e. The van der Waals surface area contributed by atoms with E-state index in [-0.39, 0.29) is 35.6 Å². The molecule has 0 bridgehead atoms. The van der Waals surface area contributed by atoms with E-state index in [2.05, 4.69) is 165 Å². The molecule has 0 aromatic heterocycles. The minimum absolute atomic E-state index is 0. The van der Waals surface area contributed by atoms with Crippen molar-refractivity contribution in [2.24, 2.45) is 0 Å². The van der Waals surface area contributed by atoms with Crippen molar-refractivity contribution >= 4 is 3.21 Å². The van der Waals surface area contributed by atoms with Crippen LogP contribution in [0.3, 0.4) is 0 Å². The van der Waals surface area contributed by atoms with E-state index in [4.69, 9.17) is 0 Å². The molecule has 0 heterocycles. The molecule has 0 nitrogen and oxygen atoms in total. The van der Waals surface area contributed by atoms with Gasteiger partial charge in [-0.1, -0.05) is 131 Å². The number of halogens is 2. The van der Waals surface area contributed by atoms with Gasteiger partial charge in [0.25, 0.3) is 0 Å². The molecule has 0 radical (unpaired) electrons. The average molecular weight is 775 g/mol. The van der Waals surface area contributed by atoms with Crippen LogP contribution in [0.1, 0.15) is 81.8 Å². The summed E-state index contributed by atoms with van der Waals surface area (Å²) in [7, 11) is 0. The normalized spacial score (nSPS) is 11.3. The molecule has 6 aromatic rings. The largest absolute Gasteiger partial charge is 1.00 e. The van der Waals surface area contributed by atoms with Gasteiger partial charge in [0, 0.05) is 0 Å². The van der Waals surface area contributed by atoms with Crippen LogP contribution in [0.2, 0.25) is 0 Å². The number of hydrogen-bond acceptors (Lipinski definition) is 0. The molecule has 0 spiro atoms. The fourth-order valence-electron chi connectivity index (χ4n) is 6.23. The van der Waals surface area contributed by atoms with Gasteiger partial charge in [-0.05, 0) is 39.5 Å². The molecule has 0 fully saturated rings. The molecule has 50 heavy (non-hydrogen) atoms. The van der Waals surface area contributed by atoms with Crippen molar-refractivity contribution in [3.63, 3.8) is 0 Å². The van der Waals surface area contributed by atoms with Crippen molar-refractivity contribution in [3.05, 3.63) is 173 Å². The van der Waals surface area contributed by atoms with E-state index in [1.807, 2.05) is 30.3 Å². The van der Waals surface area contributed by atoms with Crippen molar-refractivity contribution in [1.29, 1.82) is 0 Å². The van der Waals surface area contributed by atoms with Crippen LogP contribution in [0.15, 0.2) is 133 Å². The maximum absolute atomic E-state index is 3.88. The third kappa shape index (κ3) is 10.2. The quantitative estimate of drug-likeness (QED) is 0.181. The Kier molecular flexibility index (Phi) is 14.7. The van der Waals surface area contributed by atoms with Crippen LogP contribution in [0.25, 0.3) is 33.4 Å². The third-order valence-corrected chi connectivity index (χ3v) is 9.57. The van der Waals surface area contributed by atoms with Crippen molar-refractivity contribution < 1.29 is 49.0 Å². The van der Waals surface area contributed by atoms with E-state index < -0.39 is 0 Å². The molecular weight excluding hydrogens is 727 g/mol. The molecule has 1 aliphatic rings. The van der Waals surface area contributed by atoms with Crippen molar-refractivity contribution in [3.8, 4) is 33.4 Å². The summed E-state index contributed by atoms with van der Waals surface area (Å²) in [5.74, 6) is 0. The van der Waals surface area contributed by atoms with Gasteiger partial charge >= 0.3 is 76.7 Å². The monoisotopic (exact) mass is 772 g/mol. The second-order valence-electron chi connectivity index (χ2n) is 14.9. The summed E-state index contributed by atoms with van der Waals surface area (Å²) in [6, 6.07) is 51.5. The molecule has 3 heteroatoms. The number of rotatable bonds is 3. The fourth-order valence-corrected chi connectivity index (χ4v) is 6.64. The Hall–Kier alpha value is -3.22. The maximum Gasteiger partial charge on any atom is -0.172 e. The minimum Gasteiger partial charge on any atom is -1.00 e. The summed E-state index contributed by atoms with van der Waals surface area (Å²) in [6.07, 6.45) is 0.944. The van der Waals surface area contributed by atoms with E-state index in [1.165, 1.54) is 94.2 Å². The van der Waals surface area contributed by atoms with Gasteiger partial charge < -0.3 is 24.8 Å². The van der Waals surface area contributed by atoms with E-state index in [1.54, 1.807) is 0 Å². The minimum atomic E-state index is 0. The molecule has 0 unspecified atom stereocenters. The molecule has 0 N–H and O–H groups in total. The molecule has 256 valence electrons. The molecule has 0 atom stereocenters. The SMILES string of the molecule is CC(C)(C)c1cc2c([c-]c1-c1ccccc1)Cc1cc(-c3ccccc3)c(C(C)(C)C)cc1-2.C[C](=[Zr+2])c1ccc(C)cc1.[Cl-].[Cl-].c1cc[cH-]c1. The van der Waals surface area contributed by atoms with Gasteiger partial charge in [-0.2, -0.15) is 18.2 Å². The summed E-state index contributed by atoms with van der Waals surface area (Å²) in [5, 5.41) is 0. The molecule has 7 rings (SSSR count). The van der Waals surface area contributed by atoms with Crippen molar-refractivity contribution in [2.45, 2.75) is 72.6 Å². The van der Waals surface area contributed by atoms with Gasteiger partial charge in [0.1, 0.15) is 0 Å². The summed E-state index contributed by atoms with van der Waals surface area (Å²) in [4.78, 5) is 0. The van der Waals surface area contributed by atoms with Crippen LogP contribution in [-0.2, 0) is 41.5 Å². The fraction of sp³-hybridized carbons (Fsp3) is 0.234. The van der Waals surface area contributed by atoms with Crippen LogP contribution in [0.5, 0.6) is 0 Å². The number of benzene rings is 5. The predicted octanol–water partition coefficient (Wildman–Crippen LogP) is 6.48. The second-order valence-corrected chi connectivity index (χ2v) is 16.7. The molecular formula is C47H48Cl2Zr-2. The summed E-state index contributed by atoms with van der Waals surface area (Å²) in [6.45, 7) is 18.2. The Morgan fingerprint density at radius 1 is 0.620 bits per heavy atom. The number of hydrogen-bond donors (Lipinski definition) is 0. The Bertz CT molecular complexity index is 1830.